The molecular weight excluding hydrogens is 258 g/mol. The molecule has 4 nitrogen and oxygen atoms in total. The first-order chi connectivity index (χ1) is 8.84. The summed E-state index contributed by atoms with van der Waals surface area (Å²) < 4.78 is 35.3. The van der Waals surface area contributed by atoms with E-state index in [1.54, 1.807) is 0 Å². The molecule has 0 unspecified atom stereocenters. The molecule has 1 N–H and O–H groups in total. The number of hydrogen-bond acceptors (Lipinski definition) is 3. The first-order valence-corrected chi connectivity index (χ1v) is 5.72. The van der Waals surface area contributed by atoms with E-state index in [1.165, 1.54) is 0 Å². The molecule has 19 heavy (non-hydrogen) atoms. The highest BCUT2D eigenvalue weighted by Crippen LogP contribution is 2.22. The number of hydrogen-bond donors (Lipinski definition) is 1. The van der Waals surface area contributed by atoms with Crippen LogP contribution in [0, 0.1) is 13.8 Å². The van der Waals surface area contributed by atoms with E-state index < -0.39 is 18.5 Å². The van der Waals surface area contributed by atoms with Gasteiger partial charge in [0.05, 0.1) is 6.61 Å². The lowest BCUT2D eigenvalue weighted by Crippen LogP contribution is -2.34. The third-order valence-electron chi connectivity index (χ3n) is 2.48. The second-order valence-corrected chi connectivity index (χ2v) is 4.13. The second-order valence-electron chi connectivity index (χ2n) is 4.13. The molecule has 0 amide bonds. The predicted molar refractivity (Wildman–Crippen MR) is 64.8 cm³/mol. The molecule has 6 heteroatoms. The van der Waals surface area contributed by atoms with E-state index >= 15 is 0 Å². The van der Waals surface area contributed by atoms with Crippen LogP contribution in [0.25, 0.3) is 0 Å². The van der Waals surface area contributed by atoms with Gasteiger partial charge in [0.25, 0.3) is 0 Å². The standard InChI is InChI=1S/C13H16F2O4/c1-9-4-3-5-10(2)11(9)19-7-6-18-8-13(14,15)12(16)17/h3-5H,6-8H2,1-2H3,(H,16,17). The van der Waals surface area contributed by atoms with Gasteiger partial charge in [0, 0.05) is 0 Å². The lowest BCUT2D eigenvalue weighted by atomic mass is 10.1. The van der Waals surface area contributed by atoms with Crippen LogP contribution < -0.4 is 4.74 Å². The molecule has 0 heterocycles. The van der Waals surface area contributed by atoms with Crippen LogP contribution in [0.4, 0.5) is 8.78 Å². The summed E-state index contributed by atoms with van der Waals surface area (Å²) in [6.45, 7) is 2.58. The number of rotatable bonds is 7. The van der Waals surface area contributed by atoms with E-state index in [0.717, 1.165) is 11.1 Å². The molecule has 1 aromatic carbocycles. The molecule has 0 bridgehead atoms. The molecule has 0 aliphatic heterocycles. The summed E-state index contributed by atoms with van der Waals surface area (Å²) in [6.07, 6.45) is 0. The van der Waals surface area contributed by atoms with Crippen molar-refractivity contribution in [1.82, 2.24) is 0 Å². The Balaban J connectivity index is 2.34. The van der Waals surface area contributed by atoms with E-state index in [1.807, 2.05) is 32.0 Å². The Morgan fingerprint density at radius 1 is 1.26 bits per heavy atom. The number of para-hydroxylation sites is 1. The molecule has 0 saturated heterocycles. The third-order valence-corrected chi connectivity index (χ3v) is 2.48. The summed E-state index contributed by atoms with van der Waals surface area (Å²) in [5.74, 6) is -5.36. The molecule has 0 aliphatic rings. The third kappa shape index (κ3) is 4.48. The minimum atomic E-state index is -3.86. The van der Waals surface area contributed by atoms with Gasteiger partial charge in [0.15, 0.2) is 0 Å². The highest BCUT2D eigenvalue weighted by atomic mass is 19.3. The lowest BCUT2D eigenvalue weighted by molar-refractivity contribution is -0.173. The van der Waals surface area contributed by atoms with Crippen molar-refractivity contribution in [3.63, 3.8) is 0 Å². The maximum absolute atomic E-state index is 12.7. The number of carboxylic acid groups (broad SMARTS) is 1. The average molecular weight is 274 g/mol. The summed E-state index contributed by atoms with van der Waals surface area (Å²) in [5.41, 5.74) is 1.88. The summed E-state index contributed by atoms with van der Waals surface area (Å²) in [5, 5.41) is 8.19. The molecule has 0 spiro atoms. The molecular formula is C13H16F2O4. The number of benzene rings is 1. The highest BCUT2D eigenvalue weighted by molar-refractivity contribution is 5.75. The van der Waals surface area contributed by atoms with Crippen molar-refractivity contribution in [2.75, 3.05) is 19.8 Å². The van der Waals surface area contributed by atoms with Crippen molar-refractivity contribution in [2.45, 2.75) is 19.8 Å². The number of carboxylic acids is 1. The van der Waals surface area contributed by atoms with Gasteiger partial charge in [-0.2, -0.15) is 8.78 Å². The molecule has 1 aromatic rings. The molecule has 106 valence electrons. The summed E-state index contributed by atoms with van der Waals surface area (Å²) in [6, 6.07) is 5.64. The smallest absolute Gasteiger partial charge is 0.377 e. The van der Waals surface area contributed by atoms with Crippen LogP contribution in [0.15, 0.2) is 18.2 Å². The Hall–Kier alpha value is -1.69. The number of alkyl halides is 2. The van der Waals surface area contributed by atoms with Gasteiger partial charge in [0.1, 0.15) is 19.0 Å². The largest absolute Gasteiger partial charge is 0.491 e. The van der Waals surface area contributed by atoms with Gasteiger partial charge in [-0.1, -0.05) is 18.2 Å². The van der Waals surface area contributed by atoms with Gasteiger partial charge in [-0.15, -0.1) is 0 Å². The number of carbonyl (C=O) groups is 1. The van der Waals surface area contributed by atoms with Crippen LogP contribution in [-0.4, -0.2) is 36.8 Å². The van der Waals surface area contributed by atoms with E-state index in [9.17, 15) is 13.6 Å². The van der Waals surface area contributed by atoms with Gasteiger partial charge in [-0.25, -0.2) is 4.79 Å². The Labute approximate surface area is 109 Å². The van der Waals surface area contributed by atoms with Crippen molar-refractivity contribution in [1.29, 1.82) is 0 Å². The van der Waals surface area contributed by atoms with Crippen molar-refractivity contribution in [3.8, 4) is 5.75 Å². The zero-order chi connectivity index (χ0) is 14.5. The highest BCUT2D eigenvalue weighted by Gasteiger charge is 2.39. The van der Waals surface area contributed by atoms with E-state index in [-0.39, 0.29) is 13.2 Å². The first kappa shape index (κ1) is 15.4. The van der Waals surface area contributed by atoms with E-state index in [2.05, 4.69) is 4.74 Å². The molecule has 0 saturated carbocycles. The maximum atomic E-state index is 12.7. The molecule has 0 aliphatic carbocycles. The van der Waals surface area contributed by atoms with Gasteiger partial charge < -0.3 is 14.6 Å². The fraction of sp³-hybridized carbons (Fsp3) is 0.462. The van der Waals surface area contributed by atoms with Crippen LogP contribution >= 0.6 is 0 Å². The van der Waals surface area contributed by atoms with Crippen molar-refractivity contribution >= 4 is 5.97 Å². The van der Waals surface area contributed by atoms with E-state index in [4.69, 9.17) is 9.84 Å². The second kappa shape index (κ2) is 6.47. The van der Waals surface area contributed by atoms with Crippen molar-refractivity contribution in [3.05, 3.63) is 29.3 Å². The fourth-order valence-corrected chi connectivity index (χ4v) is 1.49. The molecule has 0 atom stereocenters. The SMILES string of the molecule is Cc1cccc(C)c1OCCOCC(F)(F)C(=O)O. The molecule has 1 rings (SSSR count). The minimum Gasteiger partial charge on any atom is -0.491 e. The number of aryl methyl sites for hydroxylation is 2. The fourth-order valence-electron chi connectivity index (χ4n) is 1.49. The zero-order valence-corrected chi connectivity index (χ0v) is 10.8. The van der Waals surface area contributed by atoms with Gasteiger partial charge in [-0.3, -0.25) is 0 Å². The minimum absolute atomic E-state index is 0.0847. The predicted octanol–water partition coefficient (Wildman–Crippen LogP) is 2.42. The number of ether oxygens (including phenoxy) is 2. The van der Waals surface area contributed by atoms with Crippen molar-refractivity contribution in [2.24, 2.45) is 0 Å². The Morgan fingerprint density at radius 2 is 1.84 bits per heavy atom. The molecule has 0 radical (unpaired) electrons. The van der Waals surface area contributed by atoms with Crippen LogP contribution in [0.5, 0.6) is 5.75 Å². The van der Waals surface area contributed by atoms with Crippen LogP contribution in [0.3, 0.4) is 0 Å². The first-order valence-electron chi connectivity index (χ1n) is 5.72. The van der Waals surface area contributed by atoms with E-state index in [0.29, 0.717) is 5.75 Å². The average Bonchev–Trinajstić information content (AvgIpc) is 2.31. The topological polar surface area (TPSA) is 55.8 Å². The number of halogens is 2. The Morgan fingerprint density at radius 3 is 2.37 bits per heavy atom. The van der Waals surface area contributed by atoms with Gasteiger partial charge >= 0.3 is 11.9 Å². The maximum Gasteiger partial charge on any atom is 0.377 e. The summed E-state index contributed by atoms with van der Waals surface area (Å²) >= 11 is 0. The zero-order valence-electron chi connectivity index (χ0n) is 10.8. The van der Waals surface area contributed by atoms with Crippen LogP contribution in [0.1, 0.15) is 11.1 Å². The monoisotopic (exact) mass is 274 g/mol. The van der Waals surface area contributed by atoms with Crippen molar-refractivity contribution < 1.29 is 28.2 Å². The Kier molecular flexibility index (Phi) is 5.23. The Bertz CT molecular complexity index is 426. The molecule has 0 fully saturated rings. The number of aliphatic carboxylic acids is 1. The quantitative estimate of drug-likeness (QED) is 0.776. The lowest BCUT2D eigenvalue weighted by Gasteiger charge is -2.14. The summed E-state index contributed by atoms with van der Waals surface area (Å²) in [7, 11) is 0. The van der Waals surface area contributed by atoms with Gasteiger partial charge in [0.2, 0.25) is 0 Å². The van der Waals surface area contributed by atoms with Crippen LogP contribution in [-0.2, 0) is 9.53 Å². The summed E-state index contributed by atoms with van der Waals surface area (Å²) in [4.78, 5) is 10.1. The van der Waals surface area contributed by atoms with Crippen LogP contribution in [0.2, 0.25) is 0 Å². The normalized spacial score (nSPS) is 11.4. The van der Waals surface area contributed by atoms with Gasteiger partial charge in [-0.05, 0) is 25.0 Å². The molecule has 0 aromatic heterocycles.